The first-order valence-electron chi connectivity index (χ1n) is 17.3. The van der Waals surface area contributed by atoms with Crippen LogP contribution in [-0.2, 0) is 0 Å². The molecule has 0 aliphatic heterocycles. The van der Waals surface area contributed by atoms with E-state index in [4.69, 9.17) is 15.0 Å². The van der Waals surface area contributed by atoms with E-state index in [0.717, 1.165) is 66.4 Å². The molecule has 0 spiro atoms. The molecule has 0 unspecified atom stereocenters. The van der Waals surface area contributed by atoms with Gasteiger partial charge in [-0.2, -0.15) is 5.26 Å². The molecule has 9 rings (SSSR count). The lowest BCUT2D eigenvalue weighted by molar-refractivity contribution is 1.06. The third-order valence-corrected chi connectivity index (χ3v) is 9.56. The Labute approximate surface area is 301 Å². The quantitative estimate of drug-likeness (QED) is 0.177. The fourth-order valence-corrected chi connectivity index (χ4v) is 6.94. The fourth-order valence-electron chi connectivity index (χ4n) is 6.94. The molecule has 0 atom stereocenters. The second-order valence-electron chi connectivity index (χ2n) is 12.9. The first kappa shape index (κ1) is 30.9. The second kappa shape index (κ2) is 12.9. The number of aryl methyl sites for hydroxylation is 1. The number of aromatic nitrogens is 4. The average Bonchev–Trinajstić information content (AvgIpc) is 3.55. The molecule has 244 valence electrons. The second-order valence-corrected chi connectivity index (χ2v) is 12.9. The maximum Gasteiger partial charge on any atom is 0.166 e. The number of rotatable bonds is 6. The smallest absolute Gasteiger partial charge is 0.166 e. The van der Waals surface area contributed by atoms with Gasteiger partial charge in [0, 0.05) is 27.5 Å². The van der Waals surface area contributed by atoms with Crippen LogP contribution in [0.15, 0.2) is 170 Å². The molecule has 7 aromatic carbocycles. The SMILES string of the molecule is Cc1ccc(-c2ccc3c4ccccc4n(-c4cc(-c5cccc(C#N)c5)ccc4-c4nc(-c5ccccc5)nc(-c5ccccc5)n4)c3c2)cc1. The molecule has 0 N–H and O–H groups in total. The summed E-state index contributed by atoms with van der Waals surface area (Å²) in [5, 5.41) is 12.0. The molecule has 2 aromatic heterocycles. The van der Waals surface area contributed by atoms with E-state index < -0.39 is 0 Å². The van der Waals surface area contributed by atoms with Crippen LogP contribution in [0.2, 0.25) is 0 Å². The summed E-state index contributed by atoms with van der Waals surface area (Å²) < 4.78 is 2.34. The van der Waals surface area contributed by atoms with E-state index in [1.54, 1.807) is 0 Å². The van der Waals surface area contributed by atoms with Crippen molar-refractivity contribution in [3.63, 3.8) is 0 Å². The number of nitrogens with zero attached hydrogens (tertiary/aromatic N) is 5. The highest BCUT2D eigenvalue weighted by molar-refractivity contribution is 6.10. The topological polar surface area (TPSA) is 67.4 Å². The van der Waals surface area contributed by atoms with Crippen molar-refractivity contribution in [1.29, 1.82) is 5.26 Å². The summed E-state index contributed by atoms with van der Waals surface area (Å²) >= 11 is 0. The highest BCUT2D eigenvalue weighted by Crippen LogP contribution is 2.39. The largest absolute Gasteiger partial charge is 0.308 e. The van der Waals surface area contributed by atoms with Gasteiger partial charge in [-0.05, 0) is 65.6 Å². The van der Waals surface area contributed by atoms with Crippen molar-refractivity contribution in [3.05, 3.63) is 181 Å². The summed E-state index contributed by atoms with van der Waals surface area (Å²) in [5.41, 5.74) is 11.8. The first-order valence-corrected chi connectivity index (χ1v) is 17.3. The molecule has 5 nitrogen and oxygen atoms in total. The van der Waals surface area contributed by atoms with Gasteiger partial charge in [0.2, 0.25) is 0 Å². The van der Waals surface area contributed by atoms with E-state index in [9.17, 15) is 5.26 Å². The molecular formula is C47H31N5. The molecule has 0 radical (unpaired) electrons. The minimum Gasteiger partial charge on any atom is -0.308 e. The highest BCUT2D eigenvalue weighted by Gasteiger charge is 2.21. The van der Waals surface area contributed by atoms with Gasteiger partial charge in [0.15, 0.2) is 17.5 Å². The minimum absolute atomic E-state index is 0.570. The van der Waals surface area contributed by atoms with Gasteiger partial charge in [-0.1, -0.05) is 139 Å². The van der Waals surface area contributed by atoms with Crippen LogP contribution in [0, 0.1) is 18.3 Å². The molecule has 0 saturated heterocycles. The zero-order valence-corrected chi connectivity index (χ0v) is 28.4. The van der Waals surface area contributed by atoms with E-state index in [2.05, 4.69) is 102 Å². The molecule has 2 heterocycles. The molecule has 0 aliphatic carbocycles. The van der Waals surface area contributed by atoms with Gasteiger partial charge in [0.05, 0.1) is 28.4 Å². The minimum atomic E-state index is 0.570. The Bertz CT molecular complexity index is 2740. The van der Waals surface area contributed by atoms with Crippen LogP contribution in [0.4, 0.5) is 0 Å². The lowest BCUT2D eigenvalue weighted by atomic mass is 9.99. The summed E-state index contributed by atoms with van der Waals surface area (Å²) in [6, 6.07) is 60.5. The highest BCUT2D eigenvalue weighted by atomic mass is 15.1. The van der Waals surface area contributed by atoms with Crippen LogP contribution in [0.5, 0.6) is 0 Å². The number of nitriles is 1. The average molecular weight is 666 g/mol. The van der Waals surface area contributed by atoms with Crippen molar-refractivity contribution < 1.29 is 0 Å². The molecule has 52 heavy (non-hydrogen) atoms. The van der Waals surface area contributed by atoms with Crippen LogP contribution >= 0.6 is 0 Å². The molecular weight excluding hydrogens is 635 g/mol. The van der Waals surface area contributed by atoms with Crippen molar-refractivity contribution >= 4 is 21.8 Å². The van der Waals surface area contributed by atoms with Gasteiger partial charge in [0.1, 0.15) is 0 Å². The van der Waals surface area contributed by atoms with Crippen molar-refractivity contribution in [2.75, 3.05) is 0 Å². The Hall–Kier alpha value is -7.16. The molecule has 0 fully saturated rings. The van der Waals surface area contributed by atoms with Crippen LogP contribution < -0.4 is 0 Å². The number of hydrogen-bond donors (Lipinski definition) is 0. The van der Waals surface area contributed by atoms with Crippen molar-refractivity contribution in [2.24, 2.45) is 0 Å². The van der Waals surface area contributed by atoms with Gasteiger partial charge in [-0.15, -0.1) is 0 Å². The van der Waals surface area contributed by atoms with Crippen molar-refractivity contribution in [1.82, 2.24) is 19.5 Å². The first-order chi connectivity index (χ1) is 25.6. The molecule has 0 aliphatic rings. The Morgan fingerprint density at radius 2 is 1.00 bits per heavy atom. The van der Waals surface area contributed by atoms with Gasteiger partial charge < -0.3 is 4.57 Å². The van der Waals surface area contributed by atoms with E-state index in [-0.39, 0.29) is 0 Å². The third-order valence-electron chi connectivity index (χ3n) is 9.56. The number of hydrogen-bond acceptors (Lipinski definition) is 4. The Morgan fingerprint density at radius 1 is 0.442 bits per heavy atom. The fraction of sp³-hybridized carbons (Fsp3) is 0.0213. The number of fused-ring (bicyclic) bond motifs is 3. The number of para-hydroxylation sites is 1. The Morgan fingerprint density at radius 3 is 1.71 bits per heavy atom. The van der Waals surface area contributed by atoms with Crippen LogP contribution in [0.3, 0.4) is 0 Å². The zero-order valence-electron chi connectivity index (χ0n) is 28.4. The third kappa shape index (κ3) is 5.59. The Balaban J connectivity index is 1.36. The molecule has 0 bridgehead atoms. The zero-order chi connectivity index (χ0) is 35.0. The van der Waals surface area contributed by atoms with Crippen molar-refractivity contribution in [3.8, 4) is 68.2 Å². The summed E-state index contributed by atoms with van der Waals surface area (Å²) in [4.78, 5) is 15.3. The predicted molar refractivity (Wildman–Crippen MR) is 211 cm³/mol. The predicted octanol–water partition coefficient (Wildman–Crippen LogP) is 11.5. The summed E-state index contributed by atoms with van der Waals surface area (Å²) in [5.74, 6) is 1.77. The standard InChI is InChI=1S/C47H31N5/c1-31-19-21-33(22-20-31)37-23-25-40-39-17-8-9-18-42(39)52(43(40)28-37)44-29-38(36-16-10-11-32(27-36)30-48)24-26-41(44)47-50-45(34-12-4-2-5-13-34)49-46(51-47)35-14-6-3-7-15-35/h2-29H,1H3. The van der Waals surface area contributed by atoms with Gasteiger partial charge in [0.25, 0.3) is 0 Å². The molecule has 0 saturated carbocycles. The summed E-state index contributed by atoms with van der Waals surface area (Å²) in [6.45, 7) is 2.11. The van der Waals surface area contributed by atoms with Crippen molar-refractivity contribution in [2.45, 2.75) is 6.92 Å². The monoisotopic (exact) mass is 665 g/mol. The lowest BCUT2D eigenvalue weighted by Gasteiger charge is -2.17. The lowest BCUT2D eigenvalue weighted by Crippen LogP contribution is -2.04. The van der Waals surface area contributed by atoms with Crippen LogP contribution in [0.25, 0.3) is 83.9 Å². The van der Waals surface area contributed by atoms with Gasteiger partial charge in [-0.3, -0.25) is 0 Å². The van der Waals surface area contributed by atoms with Gasteiger partial charge >= 0.3 is 0 Å². The molecule has 5 heteroatoms. The van der Waals surface area contributed by atoms with Crippen LogP contribution in [-0.4, -0.2) is 19.5 Å². The van der Waals surface area contributed by atoms with E-state index in [0.29, 0.717) is 23.0 Å². The Kier molecular flexibility index (Phi) is 7.68. The normalized spacial score (nSPS) is 11.2. The number of benzene rings is 7. The van der Waals surface area contributed by atoms with E-state index in [1.807, 2.05) is 84.9 Å². The maximum absolute atomic E-state index is 9.74. The van der Waals surface area contributed by atoms with E-state index in [1.165, 1.54) is 5.56 Å². The summed E-state index contributed by atoms with van der Waals surface area (Å²) in [6.07, 6.45) is 0. The molecule has 0 amide bonds. The van der Waals surface area contributed by atoms with Crippen LogP contribution in [0.1, 0.15) is 11.1 Å². The van der Waals surface area contributed by atoms with E-state index >= 15 is 0 Å². The van der Waals surface area contributed by atoms with Gasteiger partial charge in [-0.25, -0.2) is 15.0 Å². The summed E-state index contributed by atoms with van der Waals surface area (Å²) in [7, 11) is 0. The molecule has 9 aromatic rings. The maximum atomic E-state index is 9.74.